The van der Waals surface area contributed by atoms with Gasteiger partial charge in [-0.1, -0.05) is 23.2 Å². The van der Waals surface area contributed by atoms with Crippen LogP contribution in [0.4, 0.5) is 5.69 Å². The van der Waals surface area contributed by atoms with Crippen molar-refractivity contribution in [2.45, 2.75) is 4.90 Å². The van der Waals surface area contributed by atoms with Crippen LogP contribution in [0.15, 0.2) is 35.4 Å². The molecule has 2 aromatic heterocycles. The van der Waals surface area contributed by atoms with Crippen LogP contribution in [-0.4, -0.2) is 24.5 Å². The number of hydrogen-bond acceptors (Lipinski definition) is 4. The Balaban J connectivity index is 1.98. The molecule has 120 valence electrons. The van der Waals surface area contributed by atoms with Crippen LogP contribution >= 0.6 is 34.5 Å². The van der Waals surface area contributed by atoms with Crippen molar-refractivity contribution in [1.29, 1.82) is 0 Å². The van der Waals surface area contributed by atoms with Gasteiger partial charge >= 0.3 is 5.97 Å². The first-order chi connectivity index (χ1) is 10.8. The number of carboxylic acids is 1. The highest BCUT2D eigenvalue weighted by atomic mass is 35.5. The van der Waals surface area contributed by atoms with Gasteiger partial charge in [-0.05, 0) is 24.3 Å². The summed E-state index contributed by atoms with van der Waals surface area (Å²) in [5, 5.41) is 9.53. The standard InChI is InChI=1S/C13H8Cl2N2O4S2/c14-11-4-10(12(15)22-11)23(20,21)17-6-1-2-7-8(13(18)19)5-16-9(7)3-6/h1-5,16-17H,(H,18,19). The molecule has 23 heavy (non-hydrogen) atoms. The van der Waals surface area contributed by atoms with Crippen LogP contribution in [0.1, 0.15) is 10.4 Å². The lowest BCUT2D eigenvalue weighted by Crippen LogP contribution is -2.12. The second kappa shape index (κ2) is 5.72. The van der Waals surface area contributed by atoms with E-state index < -0.39 is 16.0 Å². The normalized spacial score (nSPS) is 11.7. The van der Waals surface area contributed by atoms with Crippen LogP contribution in [0.3, 0.4) is 0 Å². The topological polar surface area (TPSA) is 99.3 Å². The van der Waals surface area contributed by atoms with Crippen LogP contribution in [0, 0.1) is 0 Å². The average molecular weight is 391 g/mol. The van der Waals surface area contributed by atoms with E-state index in [0.717, 1.165) is 11.3 Å². The first-order valence-electron chi connectivity index (χ1n) is 6.10. The third-order valence-electron chi connectivity index (χ3n) is 3.08. The Morgan fingerprint density at radius 3 is 2.61 bits per heavy atom. The summed E-state index contributed by atoms with van der Waals surface area (Å²) in [6.45, 7) is 0. The number of anilines is 1. The van der Waals surface area contributed by atoms with E-state index in [1.165, 1.54) is 30.5 Å². The lowest BCUT2D eigenvalue weighted by molar-refractivity contribution is 0.0699. The van der Waals surface area contributed by atoms with Crippen molar-refractivity contribution in [2.75, 3.05) is 4.72 Å². The minimum absolute atomic E-state index is 0.0663. The number of thiophene rings is 1. The van der Waals surface area contributed by atoms with E-state index in [2.05, 4.69) is 9.71 Å². The predicted octanol–water partition coefficient (Wildman–Crippen LogP) is 4.04. The molecule has 0 saturated heterocycles. The summed E-state index contributed by atoms with van der Waals surface area (Å²) < 4.78 is 27.4. The maximum Gasteiger partial charge on any atom is 0.337 e. The van der Waals surface area contributed by atoms with E-state index in [0.29, 0.717) is 10.9 Å². The third-order valence-corrected chi connectivity index (χ3v) is 6.21. The van der Waals surface area contributed by atoms with E-state index in [1.54, 1.807) is 0 Å². The number of aromatic carboxylic acids is 1. The van der Waals surface area contributed by atoms with E-state index in [9.17, 15) is 13.2 Å². The Kier molecular flexibility index (Phi) is 4.01. The molecular formula is C13H8Cl2N2O4S2. The molecule has 3 rings (SSSR count). The summed E-state index contributed by atoms with van der Waals surface area (Å²) in [5.74, 6) is -1.07. The van der Waals surface area contributed by atoms with Crippen LogP contribution in [0.25, 0.3) is 10.9 Å². The molecule has 0 aliphatic heterocycles. The molecule has 0 radical (unpaired) electrons. The fourth-order valence-electron chi connectivity index (χ4n) is 2.09. The van der Waals surface area contributed by atoms with E-state index in [4.69, 9.17) is 28.3 Å². The summed E-state index contributed by atoms with van der Waals surface area (Å²) >= 11 is 12.6. The number of H-pyrrole nitrogens is 1. The predicted molar refractivity (Wildman–Crippen MR) is 90.4 cm³/mol. The summed E-state index contributed by atoms with van der Waals surface area (Å²) in [6.07, 6.45) is 1.35. The highest BCUT2D eigenvalue weighted by molar-refractivity contribution is 7.93. The van der Waals surface area contributed by atoms with Crippen molar-refractivity contribution in [2.24, 2.45) is 0 Å². The lowest BCUT2D eigenvalue weighted by Gasteiger charge is -2.07. The fourth-order valence-corrected chi connectivity index (χ4v) is 5.29. The number of hydrogen-bond donors (Lipinski definition) is 3. The summed E-state index contributed by atoms with van der Waals surface area (Å²) in [7, 11) is -3.89. The summed E-state index contributed by atoms with van der Waals surface area (Å²) in [6, 6.07) is 5.77. The average Bonchev–Trinajstić information content (AvgIpc) is 3.01. The van der Waals surface area contributed by atoms with Crippen LogP contribution in [0.5, 0.6) is 0 Å². The fraction of sp³-hybridized carbons (Fsp3) is 0. The van der Waals surface area contributed by atoms with Gasteiger partial charge in [-0.15, -0.1) is 11.3 Å². The van der Waals surface area contributed by atoms with Gasteiger partial charge in [-0.3, -0.25) is 4.72 Å². The van der Waals surface area contributed by atoms with Crippen molar-refractivity contribution >= 4 is 67.1 Å². The van der Waals surface area contributed by atoms with Crippen molar-refractivity contribution in [1.82, 2.24) is 4.98 Å². The van der Waals surface area contributed by atoms with Gasteiger partial charge in [0, 0.05) is 17.1 Å². The first kappa shape index (κ1) is 16.1. The molecule has 0 aliphatic rings. The zero-order valence-corrected chi connectivity index (χ0v) is 14.3. The van der Waals surface area contributed by atoms with Gasteiger partial charge in [0.25, 0.3) is 10.0 Å². The van der Waals surface area contributed by atoms with Crippen molar-refractivity contribution in [3.63, 3.8) is 0 Å². The molecule has 0 atom stereocenters. The summed E-state index contributed by atoms with van der Waals surface area (Å²) in [4.78, 5) is 13.7. The zero-order chi connectivity index (χ0) is 16.8. The number of aromatic nitrogens is 1. The number of nitrogens with one attached hydrogen (secondary N) is 2. The molecule has 3 N–H and O–H groups in total. The van der Waals surface area contributed by atoms with Crippen LogP contribution in [-0.2, 0) is 10.0 Å². The molecule has 0 saturated carbocycles. The van der Waals surface area contributed by atoms with Gasteiger partial charge in [-0.2, -0.15) is 0 Å². The molecule has 1 aromatic carbocycles. The number of rotatable bonds is 4. The van der Waals surface area contributed by atoms with E-state index >= 15 is 0 Å². The SMILES string of the molecule is O=C(O)c1c[nH]c2cc(NS(=O)(=O)c3cc(Cl)sc3Cl)ccc12. The van der Waals surface area contributed by atoms with Crippen molar-refractivity contribution in [3.8, 4) is 0 Å². The largest absolute Gasteiger partial charge is 0.478 e. The number of benzene rings is 1. The quantitative estimate of drug-likeness (QED) is 0.625. The monoisotopic (exact) mass is 390 g/mol. The van der Waals surface area contributed by atoms with E-state index in [-0.39, 0.29) is 24.8 Å². The Morgan fingerprint density at radius 1 is 1.26 bits per heavy atom. The first-order valence-corrected chi connectivity index (χ1v) is 9.15. The van der Waals surface area contributed by atoms with Gasteiger partial charge in [0.2, 0.25) is 0 Å². The minimum atomic E-state index is -3.89. The van der Waals surface area contributed by atoms with Gasteiger partial charge in [-0.25, -0.2) is 13.2 Å². The maximum absolute atomic E-state index is 12.3. The molecule has 0 amide bonds. The smallest absolute Gasteiger partial charge is 0.337 e. The number of halogens is 2. The van der Waals surface area contributed by atoms with Gasteiger partial charge < -0.3 is 10.1 Å². The highest BCUT2D eigenvalue weighted by Gasteiger charge is 2.21. The third kappa shape index (κ3) is 3.02. The molecule has 2 heterocycles. The van der Waals surface area contributed by atoms with Crippen molar-refractivity contribution in [3.05, 3.63) is 44.7 Å². The number of aromatic amines is 1. The minimum Gasteiger partial charge on any atom is -0.478 e. The zero-order valence-electron chi connectivity index (χ0n) is 11.1. The molecule has 0 spiro atoms. The maximum atomic E-state index is 12.3. The van der Waals surface area contributed by atoms with Crippen LogP contribution < -0.4 is 4.72 Å². The molecule has 0 bridgehead atoms. The molecule has 0 aliphatic carbocycles. The number of sulfonamides is 1. The Bertz CT molecular complexity index is 1020. The molecule has 0 fully saturated rings. The Morgan fingerprint density at radius 2 is 2.00 bits per heavy atom. The second-order valence-corrected chi connectivity index (χ2v) is 8.50. The lowest BCUT2D eigenvalue weighted by atomic mass is 10.1. The number of carboxylic acid groups (broad SMARTS) is 1. The van der Waals surface area contributed by atoms with E-state index in [1.807, 2.05) is 0 Å². The highest BCUT2D eigenvalue weighted by Crippen LogP contribution is 2.35. The number of carbonyl (C=O) groups is 1. The molecule has 10 heteroatoms. The molecule has 6 nitrogen and oxygen atoms in total. The Hall–Kier alpha value is -1.74. The van der Waals surface area contributed by atoms with Crippen LogP contribution in [0.2, 0.25) is 8.67 Å². The molecule has 3 aromatic rings. The molecular weight excluding hydrogens is 383 g/mol. The van der Waals surface area contributed by atoms with Crippen molar-refractivity contribution < 1.29 is 18.3 Å². The number of fused-ring (bicyclic) bond motifs is 1. The Labute approximate surface area is 144 Å². The van der Waals surface area contributed by atoms with Gasteiger partial charge in [0.1, 0.15) is 9.23 Å². The summed E-state index contributed by atoms with van der Waals surface area (Å²) in [5.41, 5.74) is 0.883. The second-order valence-electron chi connectivity index (χ2n) is 4.56. The van der Waals surface area contributed by atoms with Gasteiger partial charge in [0.15, 0.2) is 0 Å². The van der Waals surface area contributed by atoms with Gasteiger partial charge in [0.05, 0.1) is 15.6 Å². The molecule has 0 unspecified atom stereocenters.